The van der Waals surface area contributed by atoms with E-state index in [1.165, 1.54) is 0 Å². The molecular formula is NiO2Si. The molecule has 0 bridgehead atoms. The molecule has 4 heavy (non-hydrogen) atoms. The Morgan fingerprint density at radius 3 is 1.25 bits per heavy atom. The monoisotopic (exact) mass is 118 g/mol. The Balaban J connectivity index is 0. The van der Waals surface area contributed by atoms with Crippen molar-refractivity contribution >= 4 is 10.1 Å². The summed E-state index contributed by atoms with van der Waals surface area (Å²) in [7, 11) is 1.72. The molecule has 0 fully saturated rings. The van der Waals surface area contributed by atoms with Gasteiger partial charge >= 0.3 is 29.4 Å². The summed E-state index contributed by atoms with van der Waals surface area (Å²) in [6, 6.07) is 0. The molecule has 0 heterocycles. The third-order valence-corrected chi connectivity index (χ3v) is 0. The predicted molar refractivity (Wildman–Crippen MR) is 7.13 cm³/mol. The van der Waals surface area contributed by atoms with E-state index >= 15 is 0 Å². The quantitative estimate of drug-likeness (QED) is 0.398. The van der Waals surface area contributed by atoms with Crippen LogP contribution in [0.15, 0.2) is 0 Å². The van der Waals surface area contributed by atoms with E-state index in [0.29, 0.717) is 0 Å². The van der Waals surface area contributed by atoms with Gasteiger partial charge < -0.3 is 4.46 Å². The van der Waals surface area contributed by atoms with Crippen LogP contribution in [0.4, 0.5) is 0 Å². The predicted octanol–water partition coefficient (Wildman–Crippen LogP) is -0.621. The van der Waals surface area contributed by atoms with E-state index in [9.17, 15) is 0 Å². The van der Waals surface area contributed by atoms with Gasteiger partial charge in [0.05, 0.1) is 0 Å². The van der Waals surface area contributed by atoms with E-state index in [1.807, 2.05) is 0 Å². The SMILES string of the molecule is O=[Si].[O]=[Ni]. The maximum absolute atomic E-state index is 8.06. The first kappa shape index (κ1) is 8.85. The van der Waals surface area contributed by atoms with Crippen molar-refractivity contribution in [1.82, 2.24) is 0 Å². The van der Waals surface area contributed by atoms with Crippen LogP contribution >= 0.6 is 0 Å². The van der Waals surface area contributed by atoms with Crippen LogP contribution in [0.25, 0.3) is 0 Å². The molecule has 0 spiro atoms. The van der Waals surface area contributed by atoms with E-state index in [0.717, 1.165) is 0 Å². The molecule has 0 saturated heterocycles. The Labute approximate surface area is 34.6 Å². The van der Waals surface area contributed by atoms with Gasteiger partial charge in [-0.2, -0.15) is 0 Å². The van der Waals surface area contributed by atoms with Gasteiger partial charge in [-0.1, -0.05) is 0 Å². The van der Waals surface area contributed by atoms with Crippen LogP contribution in [-0.2, 0) is 23.8 Å². The van der Waals surface area contributed by atoms with Crippen molar-refractivity contribution in [3.63, 3.8) is 0 Å². The van der Waals surface area contributed by atoms with Crippen molar-refractivity contribution in [3.05, 3.63) is 0 Å². The molecule has 2 nitrogen and oxygen atoms in total. The molecule has 0 aliphatic carbocycles. The Morgan fingerprint density at radius 2 is 1.25 bits per heavy atom. The van der Waals surface area contributed by atoms with Crippen molar-refractivity contribution in [2.75, 3.05) is 0 Å². The first-order valence-electron chi connectivity index (χ1n) is 0.333. The van der Waals surface area contributed by atoms with Crippen LogP contribution in [0.1, 0.15) is 0 Å². The Morgan fingerprint density at radius 1 is 1.25 bits per heavy atom. The van der Waals surface area contributed by atoms with Crippen molar-refractivity contribution in [3.8, 4) is 0 Å². The normalized spacial score (nSPS) is 2.50. The molecule has 2 radical (unpaired) electrons. The Kier molecular flexibility index (Phi) is 406. The Bertz CT molecular complexity index is 8.00. The minimum atomic E-state index is 1.72. The summed E-state index contributed by atoms with van der Waals surface area (Å²) >= 11 is 2.62. The summed E-state index contributed by atoms with van der Waals surface area (Å²) in [6.07, 6.45) is 0. The van der Waals surface area contributed by atoms with Gasteiger partial charge in [0.15, 0.2) is 0 Å². The third kappa shape index (κ3) is 41.2. The summed E-state index contributed by atoms with van der Waals surface area (Å²) in [5, 5.41) is 0. The fourth-order valence-corrected chi connectivity index (χ4v) is 0. The number of rotatable bonds is 0. The van der Waals surface area contributed by atoms with Gasteiger partial charge in [0.2, 0.25) is 0 Å². The molecule has 0 aromatic rings. The fourth-order valence-electron chi connectivity index (χ4n) is 0. The molecule has 0 aliphatic rings. The first-order chi connectivity index (χ1) is 2.00. The van der Waals surface area contributed by atoms with Crippen molar-refractivity contribution in [2.24, 2.45) is 0 Å². The molecular weight excluding hydrogens is 119 g/mol. The van der Waals surface area contributed by atoms with E-state index in [1.54, 1.807) is 10.1 Å². The summed E-state index contributed by atoms with van der Waals surface area (Å²) < 4.78 is 15.9. The van der Waals surface area contributed by atoms with Gasteiger partial charge in [0.1, 0.15) is 0 Å². The number of hydrogen-bond acceptors (Lipinski definition) is 2. The molecule has 0 saturated carbocycles. The zero-order valence-electron chi connectivity index (χ0n) is 1.63. The standard InChI is InChI=1S/Ni.OSi.O/c;1-2;. The van der Waals surface area contributed by atoms with E-state index in [4.69, 9.17) is 8.36 Å². The summed E-state index contributed by atoms with van der Waals surface area (Å²) in [5.74, 6) is 0. The van der Waals surface area contributed by atoms with Crippen LogP contribution in [0.3, 0.4) is 0 Å². The van der Waals surface area contributed by atoms with Crippen LogP contribution in [0, 0.1) is 0 Å². The van der Waals surface area contributed by atoms with Crippen molar-refractivity contribution in [2.45, 2.75) is 0 Å². The molecule has 0 aliphatic heterocycles. The van der Waals surface area contributed by atoms with E-state index < -0.39 is 0 Å². The van der Waals surface area contributed by atoms with E-state index in [-0.39, 0.29) is 0 Å². The van der Waals surface area contributed by atoms with Crippen LogP contribution < -0.4 is 0 Å². The molecule has 4 heteroatoms. The Hall–Kier alpha value is 0.310. The van der Waals surface area contributed by atoms with Gasteiger partial charge in [-0.3, -0.25) is 0 Å². The zero-order valence-corrected chi connectivity index (χ0v) is 3.62. The van der Waals surface area contributed by atoms with E-state index in [2.05, 4.69) is 15.4 Å². The van der Waals surface area contributed by atoms with Gasteiger partial charge in [0, 0.05) is 0 Å². The topological polar surface area (TPSA) is 34.1 Å². The van der Waals surface area contributed by atoms with Crippen molar-refractivity contribution < 1.29 is 23.8 Å². The average molecular weight is 119 g/mol. The molecule has 0 N–H and O–H groups in total. The van der Waals surface area contributed by atoms with Crippen LogP contribution in [0.2, 0.25) is 0 Å². The van der Waals surface area contributed by atoms with Crippen molar-refractivity contribution in [1.29, 1.82) is 0 Å². The second kappa shape index (κ2) is 183. The summed E-state index contributed by atoms with van der Waals surface area (Å²) in [6.45, 7) is 0. The molecule has 0 aromatic carbocycles. The second-order valence-electron chi connectivity index (χ2n) is 0. The molecule has 0 amide bonds. The van der Waals surface area contributed by atoms with Gasteiger partial charge in [-0.15, -0.1) is 0 Å². The molecule has 0 rings (SSSR count). The summed E-state index contributed by atoms with van der Waals surface area (Å²) in [4.78, 5) is 0. The molecule has 26 valence electrons. The first-order valence-corrected chi connectivity index (χ1v) is 1.14. The average Bonchev–Trinajstić information content (AvgIpc) is 1.50. The molecule has 0 aromatic heterocycles. The van der Waals surface area contributed by atoms with Crippen LogP contribution in [-0.4, -0.2) is 10.1 Å². The summed E-state index contributed by atoms with van der Waals surface area (Å²) in [5.41, 5.74) is 0. The second-order valence-corrected chi connectivity index (χ2v) is 0. The molecule has 0 atom stereocenters. The van der Waals surface area contributed by atoms with Gasteiger partial charge in [-0.25, -0.2) is 0 Å². The van der Waals surface area contributed by atoms with Gasteiger partial charge in [-0.05, 0) is 0 Å². The maximum atomic E-state index is 8.06. The molecule has 0 unspecified atom stereocenters. The van der Waals surface area contributed by atoms with Crippen LogP contribution in [0.5, 0.6) is 0 Å². The zero-order chi connectivity index (χ0) is 4.00. The van der Waals surface area contributed by atoms with Gasteiger partial charge in [0.25, 0.3) is 0 Å². The number of hydrogen-bond donors (Lipinski definition) is 0. The fraction of sp³-hybridized carbons (Fsp3) is 0. The minimum absolute atomic E-state index is 1.72. The third-order valence-electron chi connectivity index (χ3n) is 0.